The van der Waals surface area contributed by atoms with Gasteiger partial charge in [-0.1, -0.05) is 0 Å². The fourth-order valence-corrected chi connectivity index (χ4v) is 1.26. The van der Waals surface area contributed by atoms with Gasteiger partial charge in [0.1, 0.15) is 17.3 Å². The van der Waals surface area contributed by atoms with E-state index in [1.165, 1.54) is 0 Å². The number of Topliss-reactive ketones (excluding diaryl/α,β-unsaturated/α-hetero) is 1. The number of hydrogen-bond acceptors (Lipinski definition) is 3. The first kappa shape index (κ1) is 11.0. The van der Waals surface area contributed by atoms with Crippen molar-refractivity contribution in [1.82, 2.24) is 4.90 Å². The number of nitrogens with zero attached hydrogens (tertiary/aromatic N) is 1. The second-order valence-corrected chi connectivity index (χ2v) is 3.70. The maximum Gasteiger partial charge on any atom is 0.131 e. The van der Waals surface area contributed by atoms with Crippen LogP contribution in [0.5, 0.6) is 0 Å². The molecule has 0 unspecified atom stereocenters. The smallest absolute Gasteiger partial charge is 0.131 e. The molecular weight excluding hydrogens is 178 g/mol. The summed E-state index contributed by atoms with van der Waals surface area (Å²) in [5.74, 6) is 2.11. The molecule has 0 fully saturated rings. The van der Waals surface area contributed by atoms with Crippen LogP contribution < -0.4 is 0 Å². The third-order valence-corrected chi connectivity index (χ3v) is 2.07. The highest BCUT2D eigenvalue weighted by Crippen LogP contribution is 2.08. The van der Waals surface area contributed by atoms with E-state index in [0.717, 1.165) is 24.6 Å². The molecular formula is C11H17NO2. The minimum Gasteiger partial charge on any atom is -0.465 e. The Labute approximate surface area is 84.7 Å². The minimum atomic E-state index is 0.229. The van der Waals surface area contributed by atoms with Gasteiger partial charge in [-0.15, -0.1) is 0 Å². The predicted molar refractivity (Wildman–Crippen MR) is 55.1 cm³/mol. The van der Waals surface area contributed by atoms with Crippen molar-refractivity contribution >= 4 is 5.78 Å². The fraction of sp³-hybridized carbons (Fsp3) is 0.545. The molecule has 0 saturated carbocycles. The molecule has 0 aliphatic carbocycles. The Hall–Kier alpha value is -1.09. The molecule has 0 aliphatic heterocycles. The number of furan rings is 1. The van der Waals surface area contributed by atoms with E-state index >= 15 is 0 Å². The quantitative estimate of drug-likeness (QED) is 0.720. The maximum absolute atomic E-state index is 10.8. The summed E-state index contributed by atoms with van der Waals surface area (Å²) in [5.41, 5.74) is 0. The second-order valence-electron chi connectivity index (χ2n) is 3.70. The molecule has 78 valence electrons. The lowest BCUT2D eigenvalue weighted by Gasteiger charge is -2.13. The van der Waals surface area contributed by atoms with Crippen molar-refractivity contribution in [3.8, 4) is 0 Å². The van der Waals surface area contributed by atoms with E-state index in [4.69, 9.17) is 4.42 Å². The minimum absolute atomic E-state index is 0.229. The molecule has 0 radical (unpaired) electrons. The first-order valence-corrected chi connectivity index (χ1v) is 4.81. The van der Waals surface area contributed by atoms with Gasteiger partial charge in [0.05, 0.1) is 6.54 Å². The summed E-state index contributed by atoms with van der Waals surface area (Å²) in [5, 5.41) is 0. The molecule has 0 aliphatic rings. The first-order valence-electron chi connectivity index (χ1n) is 4.81. The molecule has 0 amide bonds. The van der Waals surface area contributed by atoms with Crippen molar-refractivity contribution in [2.45, 2.75) is 26.8 Å². The van der Waals surface area contributed by atoms with E-state index in [1.807, 2.05) is 26.1 Å². The lowest BCUT2D eigenvalue weighted by molar-refractivity contribution is -0.117. The van der Waals surface area contributed by atoms with Gasteiger partial charge in [0, 0.05) is 13.0 Å². The monoisotopic (exact) mass is 195 g/mol. The van der Waals surface area contributed by atoms with E-state index in [9.17, 15) is 4.79 Å². The van der Waals surface area contributed by atoms with Crippen LogP contribution in [0.2, 0.25) is 0 Å². The SMILES string of the molecule is CC(=O)CCN(C)Cc1ccc(C)o1. The van der Waals surface area contributed by atoms with Gasteiger partial charge >= 0.3 is 0 Å². The largest absolute Gasteiger partial charge is 0.465 e. The highest BCUT2D eigenvalue weighted by Gasteiger charge is 2.04. The normalized spacial score (nSPS) is 10.9. The summed E-state index contributed by atoms with van der Waals surface area (Å²) in [4.78, 5) is 12.8. The molecule has 1 rings (SSSR count). The van der Waals surface area contributed by atoms with Gasteiger partial charge in [-0.05, 0) is 33.0 Å². The van der Waals surface area contributed by atoms with E-state index in [0.29, 0.717) is 6.42 Å². The summed E-state index contributed by atoms with van der Waals surface area (Å²) in [6.07, 6.45) is 0.607. The van der Waals surface area contributed by atoms with Gasteiger partial charge in [0.25, 0.3) is 0 Å². The Bertz CT molecular complexity index is 304. The van der Waals surface area contributed by atoms with Gasteiger partial charge < -0.3 is 4.42 Å². The van der Waals surface area contributed by atoms with Crippen LogP contribution >= 0.6 is 0 Å². The van der Waals surface area contributed by atoms with Crippen LogP contribution in [0.25, 0.3) is 0 Å². The molecule has 14 heavy (non-hydrogen) atoms. The van der Waals surface area contributed by atoms with Crippen molar-refractivity contribution in [2.24, 2.45) is 0 Å². The topological polar surface area (TPSA) is 33.5 Å². The zero-order chi connectivity index (χ0) is 10.6. The van der Waals surface area contributed by atoms with Crippen molar-refractivity contribution in [2.75, 3.05) is 13.6 Å². The second kappa shape index (κ2) is 4.96. The first-order chi connectivity index (χ1) is 6.58. The highest BCUT2D eigenvalue weighted by atomic mass is 16.3. The molecule has 3 nitrogen and oxygen atoms in total. The number of rotatable bonds is 5. The summed E-state index contributed by atoms with van der Waals surface area (Å²) in [7, 11) is 1.99. The van der Waals surface area contributed by atoms with Gasteiger partial charge in [0.15, 0.2) is 0 Å². The van der Waals surface area contributed by atoms with Gasteiger partial charge in [-0.2, -0.15) is 0 Å². The molecule has 1 aromatic heterocycles. The summed E-state index contributed by atoms with van der Waals surface area (Å²) in [6.45, 7) is 5.10. The molecule has 0 saturated heterocycles. The Kier molecular flexibility index (Phi) is 3.89. The Balaban J connectivity index is 2.33. The average Bonchev–Trinajstić information content (AvgIpc) is 2.48. The number of carbonyl (C=O) groups excluding carboxylic acids is 1. The maximum atomic E-state index is 10.8. The average molecular weight is 195 g/mol. The lowest BCUT2D eigenvalue weighted by Crippen LogP contribution is -2.20. The molecule has 1 heterocycles. The van der Waals surface area contributed by atoms with Crippen molar-refractivity contribution in [3.05, 3.63) is 23.7 Å². The lowest BCUT2D eigenvalue weighted by atomic mass is 10.3. The van der Waals surface area contributed by atoms with Crippen LogP contribution in [0.3, 0.4) is 0 Å². The Morgan fingerprint density at radius 3 is 2.71 bits per heavy atom. The van der Waals surface area contributed by atoms with E-state index in [2.05, 4.69) is 4.90 Å². The molecule has 1 aromatic rings. The third kappa shape index (κ3) is 3.75. The van der Waals surface area contributed by atoms with Crippen LogP contribution in [0, 0.1) is 6.92 Å². The van der Waals surface area contributed by atoms with Crippen molar-refractivity contribution in [1.29, 1.82) is 0 Å². The Morgan fingerprint density at radius 1 is 1.50 bits per heavy atom. The molecule has 0 aromatic carbocycles. The predicted octanol–water partition coefficient (Wildman–Crippen LogP) is 2.00. The summed E-state index contributed by atoms with van der Waals surface area (Å²) < 4.78 is 5.43. The molecule has 0 bridgehead atoms. The van der Waals surface area contributed by atoms with Gasteiger partial charge in [-0.3, -0.25) is 9.69 Å². The highest BCUT2D eigenvalue weighted by molar-refractivity contribution is 5.75. The zero-order valence-corrected chi connectivity index (χ0v) is 9.04. The number of hydrogen-bond donors (Lipinski definition) is 0. The molecule has 0 atom stereocenters. The van der Waals surface area contributed by atoms with Gasteiger partial charge in [0.2, 0.25) is 0 Å². The third-order valence-electron chi connectivity index (χ3n) is 2.07. The van der Waals surface area contributed by atoms with Crippen LogP contribution in [-0.4, -0.2) is 24.3 Å². The number of carbonyl (C=O) groups is 1. The van der Waals surface area contributed by atoms with Crippen molar-refractivity contribution < 1.29 is 9.21 Å². The molecule has 0 N–H and O–H groups in total. The molecule has 3 heteroatoms. The summed E-state index contributed by atoms with van der Waals surface area (Å²) in [6, 6.07) is 3.92. The van der Waals surface area contributed by atoms with E-state index < -0.39 is 0 Å². The zero-order valence-electron chi connectivity index (χ0n) is 9.04. The van der Waals surface area contributed by atoms with Gasteiger partial charge in [-0.25, -0.2) is 0 Å². The number of ketones is 1. The van der Waals surface area contributed by atoms with E-state index in [1.54, 1.807) is 6.92 Å². The van der Waals surface area contributed by atoms with E-state index in [-0.39, 0.29) is 5.78 Å². The Morgan fingerprint density at radius 2 is 2.21 bits per heavy atom. The molecule has 0 spiro atoms. The fourth-order valence-electron chi connectivity index (χ4n) is 1.26. The standard InChI is InChI=1S/C11H17NO2/c1-9(13)6-7-12(3)8-11-5-4-10(2)14-11/h4-5H,6-8H2,1-3H3. The summed E-state index contributed by atoms with van der Waals surface area (Å²) >= 11 is 0. The van der Waals surface area contributed by atoms with Crippen LogP contribution in [-0.2, 0) is 11.3 Å². The van der Waals surface area contributed by atoms with Crippen LogP contribution in [0.1, 0.15) is 24.9 Å². The van der Waals surface area contributed by atoms with Crippen LogP contribution in [0.15, 0.2) is 16.5 Å². The van der Waals surface area contributed by atoms with Crippen LogP contribution in [0.4, 0.5) is 0 Å². The number of aryl methyl sites for hydroxylation is 1. The van der Waals surface area contributed by atoms with Crippen molar-refractivity contribution in [3.63, 3.8) is 0 Å².